The minimum atomic E-state index is -0.702. The predicted molar refractivity (Wildman–Crippen MR) is 90.8 cm³/mol. The number of primary amides is 1. The number of amides is 1. The summed E-state index contributed by atoms with van der Waals surface area (Å²) in [7, 11) is 1.50. The average molecular weight is 328 g/mol. The van der Waals surface area contributed by atoms with Gasteiger partial charge in [0.25, 0.3) is 11.5 Å². The van der Waals surface area contributed by atoms with E-state index in [-0.39, 0.29) is 16.8 Å². The third-order valence-electron chi connectivity index (χ3n) is 4.20. The maximum Gasteiger partial charge on any atom is 0.292 e. The van der Waals surface area contributed by atoms with Gasteiger partial charge in [-0.2, -0.15) is 5.10 Å². The van der Waals surface area contributed by atoms with Crippen LogP contribution in [0.4, 0.5) is 5.95 Å². The van der Waals surface area contributed by atoms with Crippen LogP contribution < -0.4 is 16.2 Å². The van der Waals surface area contributed by atoms with Crippen LogP contribution in [-0.2, 0) is 13.6 Å². The van der Waals surface area contributed by atoms with Gasteiger partial charge in [0.15, 0.2) is 5.69 Å². The van der Waals surface area contributed by atoms with Crippen LogP contribution in [0, 0.1) is 11.8 Å². The fourth-order valence-corrected chi connectivity index (χ4v) is 3.03. The highest BCUT2D eigenvalue weighted by atomic mass is 16.1. The molecule has 2 aromatic heterocycles. The van der Waals surface area contributed by atoms with Gasteiger partial charge < -0.3 is 10.6 Å². The van der Waals surface area contributed by atoms with E-state index >= 15 is 0 Å². The smallest absolute Gasteiger partial charge is 0.292 e. The number of aromatic nitrogens is 4. The summed E-state index contributed by atoms with van der Waals surface area (Å²) in [4.78, 5) is 31.0. The zero-order valence-electron chi connectivity index (χ0n) is 13.9. The van der Waals surface area contributed by atoms with Crippen molar-refractivity contribution in [3.63, 3.8) is 0 Å². The van der Waals surface area contributed by atoms with Crippen molar-refractivity contribution in [2.45, 2.75) is 32.7 Å². The lowest BCUT2D eigenvalue weighted by Crippen LogP contribution is -2.32. The molecule has 0 aliphatic carbocycles. The van der Waals surface area contributed by atoms with Crippen LogP contribution in [0.3, 0.4) is 0 Å². The number of nitrogens with zero attached hydrogens (tertiary/aromatic N) is 5. The van der Waals surface area contributed by atoms with E-state index in [2.05, 4.69) is 26.8 Å². The molecule has 8 heteroatoms. The number of imidazole rings is 1. The van der Waals surface area contributed by atoms with E-state index in [9.17, 15) is 9.59 Å². The van der Waals surface area contributed by atoms with Crippen molar-refractivity contribution in [2.75, 3.05) is 18.0 Å². The number of hydrogen-bond donors (Lipinski definition) is 1. The molecule has 3 heterocycles. The molecule has 0 bridgehead atoms. The predicted octanol–water partition coefficient (Wildman–Crippen LogP) is 0.243. The molecule has 0 radical (unpaired) electrons. The first-order chi connectivity index (χ1) is 11.5. The third kappa shape index (κ3) is 2.62. The van der Waals surface area contributed by atoms with Crippen LogP contribution in [0.2, 0.25) is 0 Å². The number of fused-ring (bicyclic) bond motifs is 1. The second-order valence-electron chi connectivity index (χ2n) is 5.81. The standard InChI is InChI=1S/C16H20N6O2/c1-3-4-10-22-13-11(12(14(17)23)19-20(2)15(13)24)18-16(22)21-8-6-5-7-9-21/h5-10H2,1-2H3,(H2,17,23). The summed E-state index contributed by atoms with van der Waals surface area (Å²) < 4.78 is 2.90. The van der Waals surface area contributed by atoms with Crippen molar-refractivity contribution >= 4 is 22.9 Å². The largest absolute Gasteiger partial charge is 0.364 e. The van der Waals surface area contributed by atoms with Gasteiger partial charge >= 0.3 is 0 Å². The van der Waals surface area contributed by atoms with Gasteiger partial charge in [0, 0.05) is 20.1 Å². The topological polar surface area (TPSA) is 99.0 Å². The Kier molecular flexibility index (Phi) is 4.25. The van der Waals surface area contributed by atoms with Crippen molar-refractivity contribution in [1.82, 2.24) is 19.3 Å². The highest BCUT2D eigenvalue weighted by Gasteiger charge is 2.25. The minimum Gasteiger partial charge on any atom is -0.364 e. The van der Waals surface area contributed by atoms with Gasteiger partial charge in [-0.1, -0.05) is 5.92 Å². The van der Waals surface area contributed by atoms with E-state index < -0.39 is 5.91 Å². The molecule has 24 heavy (non-hydrogen) atoms. The molecule has 1 fully saturated rings. The molecule has 1 aliphatic rings. The van der Waals surface area contributed by atoms with Gasteiger partial charge in [-0.25, -0.2) is 9.67 Å². The zero-order chi connectivity index (χ0) is 17.3. The Labute approximate surface area is 139 Å². The molecule has 2 N–H and O–H groups in total. The molecule has 2 aromatic rings. The molecule has 1 amide bonds. The highest BCUT2D eigenvalue weighted by molar-refractivity contribution is 6.02. The fourth-order valence-electron chi connectivity index (χ4n) is 3.03. The first-order valence-corrected chi connectivity index (χ1v) is 7.96. The number of aryl methyl sites for hydroxylation is 1. The van der Waals surface area contributed by atoms with E-state index in [0.717, 1.165) is 30.6 Å². The van der Waals surface area contributed by atoms with Crippen molar-refractivity contribution in [3.8, 4) is 11.8 Å². The number of rotatable bonds is 3. The Morgan fingerprint density at radius 2 is 2.00 bits per heavy atom. The van der Waals surface area contributed by atoms with Gasteiger partial charge in [0.1, 0.15) is 11.0 Å². The molecule has 0 spiro atoms. The van der Waals surface area contributed by atoms with Gasteiger partial charge in [0.05, 0.1) is 6.54 Å². The molecule has 0 saturated carbocycles. The van der Waals surface area contributed by atoms with Gasteiger partial charge in [-0.3, -0.25) is 14.2 Å². The lowest BCUT2D eigenvalue weighted by atomic mass is 10.1. The molecule has 1 aliphatic heterocycles. The van der Waals surface area contributed by atoms with Crippen LogP contribution in [0.15, 0.2) is 4.79 Å². The van der Waals surface area contributed by atoms with Gasteiger partial charge in [-0.15, -0.1) is 5.92 Å². The second-order valence-corrected chi connectivity index (χ2v) is 5.81. The fraction of sp³-hybridized carbons (Fsp3) is 0.500. The Morgan fingerprint density at radius 3 is 2.62 bits per heavy atom. The van der Waals surface area contributed by atoms with E-state index in [1.807, 2.05) is 0 Å². The highest BCUT2D eigenvalue weighted by Crippen LogP contribution is 2.24. The first kappa shape index (κ1) is 16.1. The first-order valence-electron chi connectivity index (χ1n) is 7.96. The van der Waals surface area contributed by atoms with E-state index in [0.29, 0.717) is 18.0 Å². The lowest BCUT2D eigenvalue weighted by Gasteiger charge is -2.27. The SMILES string of the molecule is CC#CCn1c(N2CCCCC2)nc2c(C(N)=O)nn(C)c(=O)c21. The molecule has 0 atom stereocenters. The number of nitrogens with two attached hydrogens (primary N) is 1. The summed E-state index contributed by atoms with van der Waals surface area (Å²) in [5.41, 5.74) is 5.70. The number of carbonyl (C=O) groups excluding carboxylic acids is 1. The summed E-state index contributed by atoms with van der Waals surface area (Å²) in [5.74, 6) is 5.77. The normalized spacial score (nSPS) is 14.5. The van der Waals surface area contributed by atoms with E-state index in [1.54, 1.807) is 11.5 Å². The summed E-state index contributed by atoms with van der Waals surface area (Å²) in [5, 5.41) is 3.98. The lowest BCUT2D eigenvalue weighted by molar-refractivity contribution is 0.0995. The molecule has 1 saturated heterocycles. The van der Waals surface area contributed by atoms with Crippen LogP contribution in [0.1, 0.15) is 36.7 Å². The quantitative estimate of drug-likeness (QED) is 0.814. The second kappa shape index (κ2) is 6.35. The van der Waals surface area contributed by atoms with Crippen LogP contribution >= 0.6 is 0 Å². The Balaban J connectivity index is 2.31. The molecule has 0 unspecified atom stereocenters. The van der Waals surface area contributed by atoms with Gasteiger partial charge in [-0.05, 0) is 26.2 Å². The number of hydrogen-bond acceptors (Lipinski definition) is 5. The van der Waals surface area contributed by atoms with Gasteiger partial charge in [0.2, 0.25) is 5.95 Å². The average Bonchev–Trinajstić information content (AvgIpc) is 2.96. The molecule has 126 valence electrons. The van der Waals surface area contributed by atoms with Crippen molar-refractivity contribution in [2.24, 2.45) is 12.8 Å². The Bertz CT molecular complexity index is 909. The molecule has 8 nitrogen and oxygen atoms in total. The molecular formula is C16H20N6O2. The number of anilines is 1. The monoisotopic (exact) mass is 328 g/mol. The zero-order valence-corrected chi connectivity index (χ0v) is 13.9. The van der Waals surface area contributed by atoms with Crippen molar-refractivity contribution in [1.29, 1.82) is 0 Å². The maximum absolute atomic E-state index is 12.6. The Hall–Kier alpha value is -2.82. The molecule has 0 aromatic carbocycles. The maximum atomic E-state index is 12.6. The molecular weight excluding hydrogens is 308 g/mol. The van der Waals surface area contributed by atoms with E-state index in [1.165, 1.54) is 13.5 Å². The Morgan fingerprint density at radius 1 is 1.29 bits per heavy atom. The summed E-state index contributed by atoms with van der Waals surface area (Å²) in [6.45, 7) is 3.80. The van der Waals surface area contributed by atoms with E-state index in [4.69, 9.17) is 5.73 Å². The van der Waals surface area contributed by atoms with Crippen molar-refractivity contribution < 1.29 is 4.79 Å². The summed E-state index contributed by atoms with van der Waals surface area (Å²) >= 11 is 0. The summed E-state index contributed by atoms with van der Waals surface area (Å²) in [6, 6.07) is 0. The number of carbonyl (C=O) groups is 1. The van der Waals surface area contributed by atoms with Crippen LogP contribution in [0.5, 0.6) is 0 Å². The van der Waals surface area contributed by atoms with Crippen molar-refractivity contribution in [3.05, 3.63) is 16.0 Å². The van der Waals surface area contributed by atoms with Crippen LogP contribution in [0.25, 0.3) is 11.0 Å². The minimum absolute atomic E-state index is 0.00793. The number of piperidine rings is 1. The third-order valence-corrected chi connectivity index (χ3v) is 4.20. The summed E-state index contributed by atoms with van der Waals surface area (Å²) in [6.07, 6.45) is 3.32. The van der Waals surface area contributed by atoms with Crippen LogP contribution in [-0.4, -0.2) is 38.3 Å². The molecule has 3 rings (SSSR count).